The van der Waals surface area contributed by atoms with Gasteiger partial charge in [0.05, 0.1) is 62.4 Å². The number of hydrogen-bond donors (Lipinski definition) is 2. The highest BCUT2D eigenvalue weighted by Gasteiger charge is 2.41. The first kappa shape index (κ1) is 41.1. The molecule has 0 spiro atoms. The summed E-state index contributed by atoms with van der Waals surface area (Å²) < 4.78 is 35.5. The number of para-hydroxylation sites is 1. The minimum absolute atomic E-state index is 0.0200. The minimum atomic E-state index is -1.15. The molecule has 1 saturated heterocycles. The summed E-state index contributed by atoms with van der Waals surface area (Å²) in [6.45, 7) is 2.96. The maximum absolute atomic E-state index is 12.6. The molecule has 3 atom stereocenters. The zero-order valence-electron chi connectivity index (χ0n) is 30.6. The van der Waals surface area contributed by atoms with Crippen LogP contribution in [0.5, 0.6) is 17.2 Å². The van der Waals surface area contributed by atoms with Crippen LogP contribution >= 0.6 is 11.6 Å². The fourth-order valence-electron chi connectivity index (χ4n) is 6.44. The summed E-state index contributed by atoms with van der Waals surface area (Å²) in [5, 5.41) is 22.6. The van der Waals surface area contributed by atoms with Gasteiger partial charge in [0.15, 0.2) is 0 Å². The van der Waals surface area contributed by atoms with Gasteiger partial charge in [0, 0.05) is 39.1 Å². The molecule has 2 aliphatic heterocycles. The van der Waals surface area contributed by atoms with E-state index in [2.05, 4.69) is 15.1 Å². The van der Waals surface area contributed by atoms with Gasteiger partial charge in [-0.2, -0.15) is 0 Å². The molecule has 2 aliphatic rings. The van der Waals surface area contributed by atoms with Crippen LogP contribution in [0.1, 0.15) is 29.9 Å². The van der Waals surface area contributed by atoms with Crippen LogP contribution in [0.3, 0.4) is 0 Å². The number of carbonyl (C=O) groups excluding carboxylic acids is 1. The molecule has 2 amide bonds. The molecule has 0 aliphatic carbocycles. The van der Waals surface area contributed by atoms with Crippen molar-refractivity contribution in [1.29, 1.82) is 0 Å². The van der Waals surface area contributed by atoms with Gasteiger partial charge in [-0.05, 0) is 53.9 Å². The van der Waals surface area contributed by atoms with Crippen LogP contribution in [0, 0.1) is 10.1 Å². The van der Waals surface area contributed by atoms with Gasteiger partial charge >= 0.3 is 6.09 Å². The van der Waals surface area contributed by atoms with Crippen molar-refractivity contribution < 1.29 is 53.0 Å². The van der Waals surface area contributed by atoms with Gasteiger partial charge < -0.3 is 53.5 Å². The monoisotopic (exact) mass is 786 g/mol. The molecule has 3 aromatic rings. The third-order valence-corrected chi connectivity index (χ3v) is 9.37. The van der Waals surface area contributed by atoms with Crippen molar-refractivity contribution in [3.05, 3.63) is 93.0 Å². The maximum Gasteiger partial charge on any atom is 0.407 e. The highest BCUT2D eigenvalue weighted by molar-refractivity contribution is 6.32. The number of fused-ring (bicyclic) bond motifs is 1. The molecule has 0 unspecified atom stereocenters. The number of rotatable bonds is 21. The predicted molar refractivity (Wildman–Crippen MR) is 201 cm³/mol. The molecule has 3 aromatic carbocycles. The quantitative estimate of drug-likeness (QED) is 0.0856. The standard InChI is InChI=1S/C38H47ClN4O12/c1-49-17-4-15-41-16-21-52-33-13-8-27(22-31(33)41)25-53-34-23-42(38(45)46)24-35(54-26-36(44)40-14-20-55-43(47)48)37(34)28-9-11-29(12-10-28)50-18-5-19-51-32-7-3-2-6-30(32)39/h2-3,6-13,22,34-35,37H,4-5,14-21,23-26H2,1H3,(H,40,44)(H,45,46)/t34-,35+,37+/m0/s1. The molecule has 2 heterocycles. The van der Waals surface area contributed by atoms with Crippen molar-refractivity contribution in [3.63, 3.8) is 0 Å². The summed E-state index contributed by atoms with van der Waals surface area (Å²) >= 11 is 6.17. The first-order valence-electron chi connectivity index (χ1n) is 18.1. The fourth-order valence-corrected chi connectivity index (χ4v) is 6.63. The minimum Gasteiger partial charge on any atom is -0.493 e. The molecule has 17 heteroatoms. The average Bonchev–Trinajstić information content (AvgIpc) is 3.18. The Morgan fingerprint density at radius 3 is 2.49 bits per heavy atom. The van der Waals surface area contributed by atoms with Crippen LogP contribution in [-0.4, -0.2) is 119 Å². The molecule has 16 nitrogen and oxygen atoms in total. The van der Waals surface area contributed by atoms with Gasteiger partial charge in [-0.25, -0.2) is 4.79 Å². The van der Waals surface area contributed by atoms with E-state index < -0.39 is 41.8 Å². The number of piperidine rings is 1. The Morgan fingerprint density at radius 1 is 0.982 bits per heavy atom. The molecule has 0 aromatic heterocycles. The summed E-state index contributed by atoms with van der Waals surface area (Å²) in [5.74, 6) is 1.00. The molecule has 0 saturated carbocycles. The predicted octanol–water partition coefficient (Wildman–Crippen LogP) is 4.80. The Kier molecular flexibility index (Phi) is 15.8. The van der Waals surface area contributed by atoms with Gasteiger partial charge in [0.1, 0.15) is 37.1 Å². The maximum atomic E-state index is 12.6. The molecule has 55 heavy (non-hydrogen) atoms. The van der Waals surface area contributed by atoms with Gasteiger partial charge in [-0.15, -0.1) is 10.1 Å². The Balaban J connectivity index is 1.29. The first-order chi connectivity index (χ1) is 26.7. The number of carbonyl (C=O) groups is 2. The van der Waals surface area contributed by atoms with Crippen LogP contribution < -0.4 is 24.4 Å². The second-order valence-corrected chi connectivity index (χ2v) is 13.3. The van der Waals surface area contributed by atoms with Crippen LogP contribution in [0.25, 0.3) is 0 Å². The number of ether oxygens (including phenoxy) is 6. The van der Waals surface area contributed by atoms with Crippen LogP contribution in [0.4, 0.5) is 10.5 Å². The van der Waals surface area contributed by atoms with Crippen molar-refractivity contribution in [1.82, 2.24) is 10.2 Å². The highest BCUT2D eigenvalue weighted by Crippen LogP contribution is 2.36. The number of nitrogens with one attached hydrogen (secondary N) is 1. The topological polar surface area (TPSA) is 181 Å². The SMILES string of the molecule is COCCCN1CCOc2ccc(CO[C@H]3CN(C(=O)O)C[C@@H](OCC(=O)NCCO[N+](=O)[O-])[C@@H]3c3ccc(OCCCOc4ccccc4Cl)cc3)cc21. The van der Waals surface area contributed by atoms with Crippen molar-refractivity contribution in [2.24, 2.45) is 0 Å². The summed E-state index contributed by atoms with van der Waals surface area (Å²) in [4.78, 5) is 43.1. The zero-order chi connectivity index (χ0) is 39.0. The van der Waals surface area contributed by atoms with Crippen molar-refractivity contribution in [2.75, 3.05) is 84.4 Å². The third-order valence-electron chi connectivity index (χ3n) is 9.06. The molecular weight excluding hydrogens is 740 g/mol. The normalized spacial score (nSPS) is 17.8. The highest BCUT2D eigenvalue weighted by atomic mass is 35.5. The summed E-state index contributed by atoms with van der Waals surface area (Å²) in [7, 11) is 1.68. The van der Waals surface area contributed by atoms with E-state index in [1.54, 1.807) is 19.2 Å². The molecule has 0 radical (unpaired) electrons. The number of likely N-dealkylation sites (tertiary alicyclic amines) is 1. The van der Waals surface area contributed by atoms with E-state index in [1.165, 1.54) is 4.90 Å². The molecular formula is C38H47ClN4O12. The number of carboxylic acid groups (broad SMARTS) is 1. The van der Waals surface area contributed by atoms with Gasteiger partial charge in [0.25, 0.3) is 5.09 Å². The van der Waals surface area contributed by atoms with E-state index in [0.717, 1.165) is 42.1 Å². The van der Waals surface area contributed by atoms with E-state index in [0.29, 0.717) is 49.4 Å². The molecule has 298 valence electrons. The average molecular weight is 787 g/mol. The lowest BCUT2D eigenvalue weighted by atomic mass is 9.84. The van der Waals surface area contributed by atoms with Gasteiger partial charge in [0.2, 0.25) is 5.91 Å². The molecule has 0 bridgehead atoms. The lowest BCUT2D eigenvalue weighted by molar-refractivity contribution is -0.757. The van der Waals surface area contributed by atoms with Crippen molar-refractivity contribution in [2.45, 2.75) is 37.6 Å². The van der Waals surface area contributed by atoms with Crippen LogP contribution in [0.2, 0.25) is 5.02 Å². The summed E-state index contributed by atoms with van der Waals surface area (Å²) in [5.41, 5.74) is 2.64. The third kappa shape index (κ3) is 12.5. The lowest BCUT2D eigenvalue weighted by Gasteiger charge is -2.42. The summed E-state index contributed by atoms with van der Waals surface area (Å²) in [6, 6.07) is 20.5. The lowest BCUT2D eigenvalue weighted by Crippen LogP contribution is -2.54. The number of halogens is 1. The number of amides is 2. The zero-order valence-corrected chi connectivity index (χ0v) is 31.4. The first-order valence-corrected chi connectivity index (χ1v) is 18.4. The van der Waals surface area contributed by atoms with E-state index in [-0.39, 0.29) is 32.8 Å². The smallest absolute Gasteiger partial charge is 0.407 e. The molecule has 2 N–H and O–H groups in total. The number of hydrogen-bond acceptors (Lipinski definition) is 12. The van der Waals surface area contributed by atoms with E-state index in [1.807, 2.05) is 54.6 Å². The number of benzene rings is 3. The Bertz CT molecular complexity index is 1700. The van der Waals surface area contributed by atoms with E-state index >= 15 is 0 Å². The van der Waals surface area contributed by atoms with Crippen LogP contribution in [-0.2, 0) is 30.4 Å². The Hall–Kier alpha value is -5.03. The Labute approximate surface area is 324 Å². The summed E-state index contributed by atoms with van der Waals surface area (Å²) in [6.07, 6.45) is -1.11. The molecule has 1 fully saturated rings. The van der Waals surface area contributed by atoms with Gasteiger partial charge in [-0.3, -0.25) is 4.79 Å². The largest absolute Gasteiger partial charge is 0.493 e. The fraction of sp³-hybridized carbons (Fsp3) is 0.474. The van der Waals surface area contributed by atoms with E-state index in [9.17, 15) is 24.8 Å². The Morgan fingerprint density at radius 2 is 1.75 bits per heavy atom. The second-order valence-electron chi connectivity index (χ2n) is 12.9. The van der Waals surface area contributed by atoms with Crippen LogP contribution in [0.15, 0.2) is 66.7 Å². The molecule has 5 rings (SSSR count). The number of nitrogens with zero attached hydrogens (tertiary/aromatic N) is 3. The van der Waals surface area contributed by atoms with Gasteiger partial charge in [-0.1, -0.05) is 41.9 Å². The van der Waals surface area contributed by atoms with Crippen molar-refractivity contribution >= 4 is 29.3 Å². The van der Waals surface area contributed by atoms with Crippen molar-refractivity contribution in [3.8, 4) is 17.2 Å². The second kappa shape index (κ2) is 21.2. The number of methoxy groups -OCH3 is 1. The number of anilines is 1. The van der Waals surface area contributed by atoms with E-state index in [4.69, 9.17) is 40.0 Å².